The molecule has 3 heteroatoms. The minimum atomic E-state index is 0.742. The molecule has 0 saturated heterocycles. The minimum absolute atomic E-state index is 0.742. The standard InChI is InChI=1S/C14H23N3/c1-10-4-11(2)6-13(5-10)7-15-8-14-9-16-17-12(14)3/h4,9-10,13,15H,5-8H2,1-3H3,(H,16,17). The molecule has 2 N–H and O–H groups in total. The van der Waals surface area contributed by atoms with E-state index in [1.807, 2.05) is 6.20 Å². The van der Waals surface area contributed by atoms with E-state index in [-0.39, 0.29) is 0 Å². The van der Waals surface area contributed by atoms with Crippen LogP contribution >= 0.6 is 0 Å². The molecule has 1 aliphatic rings. The maximum atomic E-state index is 4.04. The molecule has 0 bridgehead atoms. The molecule has 2 rings (SSSR count). The Labute approximate surface area is 104 Å². The number of hydrogen-bond acceptors (Lipinski definition) is 2. The summed E-state index contributed by atoms with van der Waals surface area (Å²) < 4.78 is 0. The first-order valence-electron chi connectivity index (χ1n) is 6.52. The van der Waals surface area contributed by atoms with Gasteiger partial charge in [0.05, 0.1) is 6.20 Å². The summed E-state index contributed by atoms with van der Waals surface area (Å²) in [6.45, 7) is 8.68. The molecule has 3 nitrogen and oxygen atoms in total. The van der Waals surface area contributed by atoms with Gasteiger partial charge in [-0.15, -0.1) is 0 Å². The minimum Gasteiger partial charge on any atom is -0.312 e. The molecule has 1 aromatic heterocycles. The Morgan fingerprint density at radius 1 is 1.47 bits per heavy atom. The fraction of sp³-hybridized carbons (Fsp3) is 0.643. The van der Waals surface area contributed by atoms with Gasteiger partial charge in [0, 0.05) is 17.8 Å². The van der Waals surface area contributed by atoms with Crippen LogP contribution in [0.3, 0.4) is 0 Å². The zero-order chi connectivity index (χ0) is 12.3. The maximum Gasteiger partial charge on any atom is 0.0535 e. The summed E-state index contributed by atoms with van der Waals surface area (Å²) in [7, 11) is 0. The third kappa shape index (κ3) is 3.43. The molecule has 1 aromatic rings. The van der Waals surface area contributed by atoms with E-state index in [9.17, 15) is 0 Å². The number of allylic oxidation sites excluding steroid dienone is 2. The molecule has 17 heavy (non-hydrogen) atoms. The van der Waals surface area contributed by atoms with Gasteiger partial charge in [0.25, 0.3) is 0 Å². The van der Waals surface area contributed by atoms with Crippen LogP contribution in [0, 0.1) is 18.8 Å². The number of aryl methyl sites for hydroxylation is 1. The lowest BCUT2D eigenvalue weighted by Crippen LogP contribution is -2.26. The van der Waals surface area contributed by atoms with Crippen molar-refractivity contribution in [2.24, 2.45) is 11.8 Å². The van der Waals surface area contributed by atoms with E-state index in [0.717, 1.165) is 24.9 Å². The van der Waals surface area contributed by atoms with Gasteiger partial charge in [-0.3, -0.25) is 5.10 Å². The van der Waals surface area contributed by atoms with Gasteiger partial charge in [0.15, 0.2) is 0 Å². The number of nitrogens with zero attached hydrogens (tertiary/aromatic N) is 1. The molecular weight excluding hydrogens is 210 g/mol. The maximum absolute atomic E-state index is 4.04. The highest BCUT2D eigenvalue weighted by atomic mass is 15.1. The molecular formula is C14H23N3. The smallest absolute Gasteiger partial charge is 0.0535 e. The molecule has 1 aliphatic carbocycles. The quantitative estimate of drug-likeness (QED) is 0.785. The molecule has 0 aliphatic heterocycles. The Morgan fingerprint density at radius 2 is 2.29 bits per heavy atom. The number of aromatic amines is 1. The lowest BCUT2D eigenvalue weighted by Gasteiger charge is -2.25. The van der Waals surface area contributed by atoms with Crippen LogP contribution in [0.15, 0.2) is 17.8 Å². The molecule has 1 heterocycles. The molecule has 94 valence electrons. The lowest BCUT2D eigenvalue weighted by atomic mass is 9.84. The van der Waals surface area contributed by atoms with Crippen LogP contribution < -0.4 is 5.32 Å². The van der Waals surface area contributed by atoms with Crippen molar-refractivity contribution in [3.63, 3.8) is 0 Å². The lowest BCUT2D eigenvalue weighted by molar-refractivity contribution is 0.381. The van der Waals surface area contributed by atoms with E-state index < -0.39 is 0 Å². The summed E-state index contributed by atoms with van der Waals surface area (Å²) in [5.74, 6) is 1.54. The Bertz CT molecular complexity index is 392. The SMILES string of the molecule is CC1=CC(C)CC(CNCc2cn[nH]c2C)C1. The number of rotatable bonds is 4. The van der Waals surface area contributed by atoms with E-state index in [2.05, 4.69) is 42.4 Å². The van der Waals surface area contributed by atoms with Crippen molar-refractivity contribution in [3.05, 3.63) is 29.1 Å². The van der Waals surface area contributed by atoms with Crippen LogP contribution in [0.5, 0.6) is 0 Å². The first-order valence-corrected chi connectivity index (χ1v) is 6.52. The summed E-state index contributed by atoms with van der Waals surface area (Å²) in [5.41, 5.74) is 4.00. The van der Waals surface area contributed by atoms with E-state index in [0.29, 0.717) is 0 Å². The number of hydrogen-bond donors (Lipinski definition) is 2. The highest BCUT2D eigenvalue weighted by Gasteiger charge is 2.17. The topological polar surface area (TPSA) is 40.7 Å². The molecule has 2 atom stereocenters. The molecule has 0 radical (unpaired) electrons. The number of nitrogens with one attached hydrogen (secondary N) is 2. The average molecular weight is 233 g/mol. The van der Waals surface area contributed by atoms with Crippen LogP contribution in [-0.2, 0) is 6.54 Å². The van der Waals surface area contributed by atoms with Gasteiger partial charge in [-0.2, -0.15) is 5.10 Å². The van der Waals surface area contributed by atoms with Crippen molar-refractivity contribution >= 4 is 0 Å². The van der Waals surface area contributed by atoms with E-state index >= 15 is 0 Å². The summed E-state index contributed by atoms with van der Waals surface area (Å²) in [6, 6.07) is 0. The van der Waals surface area contributed by atoms with Gasteiger partial charge in [-0.25, -0.2) is 0 Å². The van der Waals surface area contributed by atoms with Gasteiger partial charge in [-0.1, -0.05) is 18.6 Å². The van der Waals surface area contributed by atoms with E-state index in [1.165, 1.54) is 24.1 Å². The van der Waals surface area contributed by atoms with E-state index in [4.69, 9.17) is 0 Å². The summed E-state index contributed by atoms with van der Waals surface area (Å²) >= 11 is 0. The van der Waals surface area contributed by atoms with Crippen molar-refractivity contribution in [3.8, 4) is 0 Å². The average Bonchev–Trinajstić information content (AvgIpc) is 2.63. The fourth-order valence-corrected chi connectivity index (χ4v) is 2.81. The van der Waals surface area contributed by atoms with Crippen LogP contribution in [0.2, 0.25) is 0 Å². The predicted octanol–water partition coefficient (Wildman–Crippen LogP) is 2.80. The van der Waals surface area contributed by atoms with Gasteiger partial charge < -0.3 is 5.32 Å². The summed E-state index contributed by atoms with van der Waals surface area (Å²) in [4.78, 5) is 0. The van der Waals surface area contributed by atoms with Crippen molar-refractivity contribution in [2.45, 2.75) is 40.2 Å². The first kappa shape index (κ1) is 12.4. The predicted molar refractivity (Wildman–Crippen MR) is 70.7 cm³/mol. The zero-order valence-electron chi connectivity index (χ0n) is 11.1. The Balaban J connectivity index is 1.76. The van der Waals surface area contributed by atoms with Crippen molar-refractivity contribution in [1.82, 2.24) is 15.5 Å². The van der Waals surface area contributed by atoms with Gasteiger partial charge >= 0.3 is 0 Å². The fourth-order valence-electron chi connectivity index (χ4n) is 2.81. The van der Waals surface area contributed by atoms with Gasteiger partial charge in [-0.05, 0) is 45.1 Å². The van der Waals surface area contributed by atoms with Crippen molar-refractivity contribution in [2.75, 3.05) is 6.54 Å². The molecule has 0 amide bonds. The Hall–Kier alpha value is -1.09. The largest absolute Gasteiger partial charge is 0.312 e. The van der Waals surface area contributed by atoms with Gasteiger partial charge in [0.1, 0.15) is 0 Å². The molecule has 2 unspecified atom stereocenters. The van der Waals surface area contributed by atoms with Crippen LogP contribution in [0.4, 0.5) is 0 Å². The highest BCUT2D eigenvalue weighted by Crippen LogP contribution is 2.27. The van der Waals surface area contributed by atoms with E-state index in [1.54, 1.807) is 5.57 Å². The summed E-state index contributed by atoms with van der Waals surface area (Å²) in [5, 5.41) is 10.6. The molecule has 0 aromatic carbocycles. The van der Waals surface area contributed by atoms with Crippen LogP contribution in [-0.4, -0.2) is 16.7 Å². The molecule has 0 saturated carbocycles. The highest BCUT2D eigenvalue weighted by molar-refractivity contribution is 5.14. The van der Waals surface area contributed by atoms with Crippen LogP contribution in [0.1, 0.15) is 37.9 Å². The Morgan fingerprint density at radius 3 is 2.94 bits per heavy atom. The monoisotopic (exact) mass is 233 g/mol. The number of aromatic nitrogens is 2. The normalized spacial score (nSPS) is 24.8. The molecule has 0 fully saturated rings. The zero-order valence-corrected chi connectivity index (χ0v) is 11.1. The Kier molecular flexibility index (Phi) is 4.00. The number of H-pyrrole nitrogens is 1. The third-order valence-electron chi connectivity index (χ3n) is 3.57. The second kappa shape index (κ2) is 5.50. The summed E-state index contributed by atoms with van der Waals surface area (Å²) in [6.07, 6.45) is 6.89. The molecule has 0 spiro atoms. The van der Waals surface area contributed by atoms with Crippen molar-refractivity contribution < 1.29 is 0 Å². The van der Waals surface area contributed by atoms with Crippen LogP contribution in [0.25, 0.3) is 0 Å². The second-order valence-electron chi connectivity index (χ2n) is 5.45. The van der Waals surface area contributed by atoms with Gasteiger partial charge in [0.2, 0.25) is 0 Å². The third-order valence-corrected chi connectivity index (χ3v) is 3.57. The second-order valence-corrected chi connectivity index (χ2v) is 5.45. The van der Waals surface area contributed by atoms with Crippen molar-refractivity contribution in [1.29, 1.82) is 0 Å². The first-order chi connectivity index (χ1) is 8.15.